The van der Waals surface area contributed by atoms with Crippen molar-refractivity contribution in [1.29, 1.82) is 0 Å². The van der Waals surface area contributed by atoms with Crippen LogP contribution in [0.1, 0.15) is 20.3 Å². The minimum absolute atomic E-state index is 0.0574. The molecule has 3 heteroatoms. The van der Waals surface area contributed by atoms with E-state index < -0.39 is 0 Å². The van der Waals surface area contributed by atoms with E-state index >= 15 is 0 Å². The van der Waals surface area contributed by atoms with E-state index in [-0.39, 0.29) is 5.97 Å². The minimum atomic E-state index is -0.0574. The second-order valence-corrected chi connectivity index (χ2v) is 3.40. The molecule has 0 radical (unpaired) electrons. The van der Waals surface area contributed by atoms with Crippen molar-refractivity contribution >= 4 is 5.97 Å². The lowest BCUT2D eigenvalue weighted by atomic mass is 9.95. The van der Waals surface area contributed by atoms with Crippen molar-refractivity contribution in [1.82, 2.24) is 5.32 Å². The van der Waals surface area contributed by atoms with E-state index in [4.69, 9.17) is 4.74 Å². The molecular formula is C9H17NO2. The van der Waals surface area contributed by atoms with E-state index in [9.17, 15) is 4.79 Å². The molecule has 1 heterocycles. The van der Waals surface area contributed by atoms with Crippen molar-refractivity contribution in [2.75, 3.05) is 19.7 Å². The van der Waals surface area contributed by atoms with Crippen molar-refractivity contribution in [3.63, 3.8) is 0 Å². The van der Waals surface area contributed by atoms with E-state index in [1.165, 1.54) is 0 Å². The van der Waals surface area contributed by atoms with E-state index in [1.807, 2.05) is 6.92 Å². The summed E-state index contributed by atoms with van der Waals surface area (Å²) in [7, 11) is 0. The molecule has 0 unspecified atom stereocenters. The highest BCUT2D eigenvalue weighted by Gasteiger charge is 2.25. The molecule has 0 bridgehead atoms. The van der Waals surface area contributed by atoms with Crippen LogP contribution < -0.4 is 5.32 Å². The smallest absolute Gasteiger partial charge is 0.306 e. The normalized spacial score (nSPS) is 28.8. The van der Waals surface area contributed by atoms with Gasteiger partial charge in [0.15, 0.2) is 0 Å². The summed E-state index contributed by atoms with van der Waals surface area (Å²) in [6, 6.07) is 0. The summed E-state index contributed by atoms with van der Waals surface area (Å²) in [4.78, 5) is 11.1. The molecule has 1 aliphatic rings. The number of carbonyl (C=O) groups excluding carboxylic acids is 1. The van der Waals surface area contributed by atoms with Gasteiger partial charge in [-0.05, 0) is 31.8 Å². The lowest BCUT2D eigenvalue weighted by Crippen LogP contribution is -2.16. The molecule has 70 valence electrons. The minimum Gasteiger partial charge on any atom is -0.466 e. The van der Waals surface area contributed by atoms with Gasteiger partial charge in [-0.1, -0.05) is 6.92 Å². The van der Waals surface area contributed by atoms with Gasteiger partial charge in [0.25, 0.3) is 0 Å². The summed E-state index contributed by atoms with van der Waals surface area (Å²) in [6.07, 6.45) is 0.571. The molecule has 1 saturated heterocycles. The Morgan fingerprint density at radius 2 is 2.33 bits per heavy atom. The highest BCUT2D eigenvalue weighted by molar-refractivity contribution is 5.69. The van der Waals surface area contributed by atoms with E-state index in [0.29, 0.717) is 24.9 Å². The Kier molecular flexibility index (Phi) is 3.53. The molecule has 0 saturated carbocycles. The molecule has 0 amide bonds. The lowest BCUT2D eigenvalue weighted by molar-refractivity contribution is -0.144. The van der Waals surface area contributed by atoms with Gasteiger partial charge in [0.05, 0.1) is 6.61 Å². The van der Waals surface area contributed by atoms with Crippen LogP contribution in [0.3, 0.4) is 0 Å². The number of rotatable bonds is 3. The summed E-state index contributed by atoms with van der Waals surface area (Å²) in [5.74, 6) is 1.02. The average molecular weight is 171 g/mol. The Bertz CT molecular complexity index is 159. The Morgan fingerprint density at radius 1 is 1.58 bits per heavy atom. The van der Waals surface area contributed by atoms with Gasteiger partial charge in [0, 0.05) is 6.42 Å². The molecule has 0 aromatic heterocycles. The van der Waals surface area contributed by atoms with Gasteiger partial charge in [-0.3, -0.25) is 4.79 Å². The van der Waals surface area contributed by atoms with Crippen LogP contribution in [0.25, 0.3) is 0 Å². The maximum Gasteiger partial charge on any atom is 0.306 e. The molecule has 1 aliphatic heterocycles. The molecule has 12 heavy (non-hydrogen) atoms. The van der Waals surface area contributed by atoms with Crippen LogP contribution in [-0.4, -0.2) is 25.7 Å². The second-order valence-electron chi connectivity index (χ2n) is 3.40. The maximum atomic E-state index is 11.1. The van der Waals surface area contributed by atoms with E-state index in [0.717, 1.165) is 13.1 Å². The van der Waals surface area contributed by atoms with Gasteiger partial charge in [-0.15, -0.1) is 0 Å². The van der Waals surface area contributed by atoms with Gasteiger partial charge >= 0.3 is 5.97 Å². The number of hydrogen-bond donors (Lipinski definition) is 1. The summed E-state index contributed by atoms with van der Waals surface area (Å²) < 4.78 is 4.89. The summed E-state index contributed by atoms with van der Waals surface area (Å²) in [5, 5.41) is 3.26. The van der Waals surface area contributed by atoms with E-state index in [2.05, 4.69) is 12.2 Å². The van der Waals surface area contributed by atoms with Crippen LogP contribution >= 0.6 is 0 Å². The summed E-state index contributed by atoms with van der Waals surface area (Å²) in [5.41, 5.74) is 0. The monoisotopic (exact) mass is 171 g/mol. The molecule has 1 rings (SSSR count). The molecule has 2 atom stereocenters. The van der Waals surface area contributed by atoms with Crippen molar-refractivity contribution in [2.24, 2.45) is 11.8 Å². The topological polar surface area (TPSA) is 38.3 Å². The summed E-state index contributed by atoms with van der Waals surface area (Å²) in [6.45, 7) is 6.50. The Hall–Kier alpha value is -0.570. The summed E-state index contributed by atoms with van der Waals surface area (Å²) >= 11 is 0. The number of esters is 1. The van der Waals surface area contributed by atoms with E-state index in [1.54, 1.807) is 0 Å². The first-order valence-electron chi connectivity index (χ1n) is 4.60. The van der Waals surface area contributed by atoms with Crippen molar-refractivity contribution < 1.29 is 9.53 Å². The molecular weight excluding hydrogens is 154 g/mol. The number of nitrogens with one attached hydrogen (secondary N) is 1. The molecule has 0 aromatic rings. The first kappa shape index (κ1) is 9.52. The maximum absolute atomic E-state index is 11.1. The van der Waals surface area contributed by atoms with Crippen molar-refractivity contribution in [3.05, 3.63) is 0 Å². The molecule has 1 N–H and O–H groups in total. The molecule has 1 fully saturated rings. The first-order valence-corrected chi connectivity index (χ1v) is 4.60. The third kappa shape index (κ3) is 2.48. The van der Waals surface area contributed by atoms with Gasteiger partial charge in [-0.25, -0.2) is 0 Å². The zero-order valence-electron chi connectivity index (χ0n) is 7.80. The fourth-order valence-corrected chi connectivity index (χ4v) is 1.57. The third-order valence-electron chi connectivity index (χ3n) is 2.41. The van der Waals surface area contributed by atoms with Crippen LogP contribution in [0.5, 0.6) is 0 Å². The lowest BCUT2D eigenvalue weighted by Gasteiger charge is -2.12. The third-order valence-corrected chi connectivity index (χ3v) is 2.41. The average Bonchev–Trinajstić information content (AvgIpc) is 2.37. The van der Waals surface area contributed by atoms with Gasteiger partial charge in [0.1, 0.15) is 0 Å². The van der Waals surface area contributed by atoms with Crippen molar-refractivity contribution in [3.8, 4) is 0 Å². The Labute approximate surface area is 73.5 Å². The van der Waals surface area contributed by atoms with Crippen LogP contribution in [0, 0.1) is 11.8 Å². The van der Waals surface area contributed by atoms with Gasteiger partial charge in [-0.2, -0.15) is 0 Å². The molecule has 0 spiro atoms. The highest BCUT2D eigenvalue weighted by Crippen LogP contribution is 2.19. The van der Waals surface area contributed by atoms with Gasteiger partial charge < -0.3 is 10.1 Å². The van der Waals surface area contributed by atoms with Crippen LogP contribution in [0.15, 0.2) is 0 Å². The molecule has 0 aromatic carbocycles. The molecule has 3 nitrogen and oxygen atoms in total. The largest absolute Gasteiger partial charge is 0.466 e. The molecule has 0 aliphatic carbocycles. The second kappa shape index (κ2) is 4.45. The quantitative estimate of drug-likeness (QED) is 0.638. The number of hydrogen-bond acceptors (Lipinski definition) is 3. The SMILES string of the molecule is CCOC(=O)C[C@@H]1CNC[C@H]1C. The Morgan fingerprint density at radius 3 is 2.83 bits per heavy atom. The predicted molar refractivity (Wildman–Crippen MR) is 46.8 cm³/mol. The van der Waals surface area contributed by atoms with Crippen molar-refractivity contribution in [2.45, 2.75) is 20.3 Å². The fourth-order valence-electron chi connectivity index (χ4n) is 1.57. The standard InChI is InChI=1S/C9H17NO2/c1-3-12-9(11)4-8-6-10-5-7(8)2/h7-8,10H,3-6H2,1-2H3/t7-,8-/m1/s1. The zero-order valence-corrected chi connectivity index (χ0v) is 7.80. The fraction of sp³-hybridized carbons (Fsp3) is 0.889. The Balaban J connectivity index is 2.25. The predicted octanol–water partition coefficient (Wildman–Crippen LogP) is 0.795. The highest BCUT2D eigenvalue weighted by atomic mass is 16.5. The van der Waals surface area contributed by atoms with Gasteiger partial charge in [0.2, 0.25) is 0 Å². The van der Waals surface area contributed by atoms with Crippen LogP contribution in [-0.2, 0) is 9.53 Å². The van der Waals surface area contributed by atoms with Crippen LogP contribution in [0.4, 0.5) is 0 Å². The first-order chi connectivity index (χ1) is 5.74. The van der Waals surface area contributed by atoms with Crippen LogP contribution in [0.2, 0.25) is 0 Å². The number of ether oxygens (including phenoxy) is 1. The number of carbonyl (C=O) groups is 1. The zero-order chi connectivity index (χ0) is 8.97.